The third-order valence-corrected chi connectivity index (χ3v) is 4.21. The van der Waals surface area contributed by atoms with E-state index in [1.165, 1.54) is 0 Å². The number of carbonyl (C=O) groups is 2. The molecule has 2 N–H and O–H groups in total. The van der Waals surface area contributed by atoms with Crippen LogP contribution in [-0.4, -0.2) is 71.9 Å². The van der Waals surface area contributed by atoms with E-state index in [0.29, 0.717) is 12.8 Å². The SMILES string of the molecule is NC(CC(=O)OCCCCC(CO[N+](=O)[O-])OON=O)C(=O)OCCCCC(CO[N+](=O)[O-])O[N+](=O)[O-]. The van der Waals surface area contributed by atoms with Crippen LogP contribution >= 0.6 is 0 Å². The highest BCUT2D eigenvalue weighted by Gasteiger charge is 2.21. The molecule has 21 heteroatoms. The van der Waals surface area contributed by atoms with Gasteiger partial charge in [0, 0.05) is 0 Å². The third-order valence-electron chi connectivity index (χ3n) is 4.21. The van der Waals surface area contributed by atoms with E-state index in [9.17, 15) is 44.8 Å². The van der Waals surface area contributed by atoms with Crippen molar-refractivity contribution < 1.29 is 58.7 Å². The van der Waals surface area contributed by atoms with E-state index in [-0.39, 0.29) is 38.9 Å². The van der Waals surface area contributed by atoms with Crippen molar-refractivity contribution in [2.45, 2.75) is 63.2 Å². The first-order valence-corrected chi connectivity index (χ1v) is 10.6. The molecule has 0 aliphatic carbocycles. The Balaban J connectivity index is 4.07. The highest BCUT2D eigenvalue weighted by Crippen LogP contribution is 2.09. The van der Waals surface area contributed by atoms with E-state index in [4.69, 9.17) is 15.2 Å². The van der Waals surface area contributed by atoms with Crippen LogP contribution in [0, 0.1) is 35.3 Å². The first-order chi connectivity index (χ1) is 17.5. The van der Waals surface area contributed by atoms with Gasteiger partial charge in [0.1, 0.15) is 31.5 Å². The zero-order valence-electron chi connectivity index (χ0n) is 19.4. The van der Waals surface area contributed by atoms with E-state index in [1.54, 1.807) is 0 Å². The van der Waals surface area contributed by atoms with E-state index in [2.05, 4.69) is 24.4 Å². The Bertz CT molecular complexity index is 740. The molecular weight excluding hydrogens is 518 g/mol. The van der Waals surface area contributed by atoms with Gasteiger partial charge in [0.15, 0.2) is 5.34 Å². The molecule has 0 rings (SSSR count). The van der Waals surface area contributed by atoms with Gasteiger partial charge in [-0.2, -0.15) is 9.88 Å². The van der Waals surface area contributed by atoms with Crippen molar-refractivity contribution in [3.8, 4) is 0 Å². The molecular formula is C16H27N5O16. The highest BCUT2D eigenvalue weighted by molar-refractivity contribution is 5.82. The Kier molecular flexibility index (Phi) is 17.8. The maximum Gasteiger partial charge on any atom is 0.323 e. The Morgan fingerprint density at radius 3 is 1.89 bits per heavy atom. The minimum atomic E-state index is -1.31. The lowest BCUT2D eigenvalue weighted by Crippen LogP contribution is -2.35. The summed E-state index contributed by atoms with van der Waals surface area (Å²) in [7, 11) is 0. The molecule has 0 aromatic carbocycles. The summed E-state index contributed by atoms with van der Waals surface area (Å²) in [6.07, 6.45) is -1.36. The fourth-order valence-electron chi connectivity index (χ4n) is 2.55. The predicted molar refractivity (Wildman–Crippen MR) is 112 cm³/mol. The number of carbonyl (C=O) groups excluding carboxylic acids is 2. The van der Waals surface area contributed by atoms with Crippen molar-refractivity contribution in [1.82, 2.24) is 0 Å². The first kappa shape index (κ1) is 32.9. The molecule has 37 heavy (non-hydrogen) atoms. The molecule has 0 spiro atoms. The molecule has 0 amide bonds. The van der Waals surface area contributed by atoms with Gasteiger partial charge >= 0.3 is 11.9 Å². The molecule has 0 aliphatic heterocycles. The number of hydrogen-bond acceptors (Lipinski definition) is 18. The summed E-state index contributed by atoms with van der Waals surface area (Å²) in [5.41, 5.74) is 5.59. The second-order valence-corrected chi connectivity index (χ2v) is 7.05. The fraction of sp³-hybridized carbons (Fsp3) is 0.875. The molecule has 0 bridgehead atoms. The molecule has 3 atom stereocenters. The number of nitrogens with zero attached hydrogens (tertiary/aromatic N) is 4. The van der Waals surface area contributed by atoms with Gasteiger partial charge in [-0.15, -0.1) is 35.3 Å². The van der Waals surface area contributed by atoms with Gasteiger partial charge in [-0.25, -0.2) is 0 Å². The van der Waals surface area contributed by atoms with E-state index < -0.39 is 65.1 Å². The van der Waals surface area contributed by atoms with Gasteiger partial charge in [0.25, 0.3) is 15.3 Å². The molecule has 0 aromatic rings. The Labute approximate surface area is 207 Å². The Morgan fingerprint density at radius 2 is 1.35 bits per heavy atom. The maximum absolute atomic E-state index is 11.9. The summed E-state index contributed by atoms with van der Waals surface area (Å²) in [6, 6.07) is -1.31. The van der Waals surface area contributed by atoms with Crippen molar-refractivity contribution >= 4 is 11.9 Å². The van der Waals surface area contributed by atoms with Gasteiger partial charge in [0.2, 0.25) is 0 Å². The van der Waals surface area contributed by atoms with Crippen molar-refractivity contribution in [1.29, 1.82) is 0 Å². The second-order valence-electron chi connectivity index (χ2n) is 7.05. The molecule has 0 heterocycles. The van der Waals surface area contributed by atoms with Crippen LogP contribution in [-0.2, 0) is 43.5 Å². The normalized spacial score (nSPS) is 12.8. The van der Waals surface area contributed by atoms with Crippen molar-refractivity contribution in [2.75, 3.05) is 26.4 Å². The van der Waals surface area contributed by atoms with Crippen LogP contribution in [0.25, 0.3) is 0 Å². The quantitative estimate of drug-likeness (QED) is 0.0420. The van der Waals surface area contributed by atoms with Gasteiger partial charge < -0.3 is 29.7 Å². The van der Waals surface area contributed by atoms with Crippen molar-refractivity contribution in [3.63, 3.8) is 0 Å². The summed E-state index contributed by atoms with van der Waals surface area (Å²) in [5, 5.41) is 29.5. The third kappa shape index (κ3) is 19.8. The predicted octanol–water partition coefficient (Wildman–Crippen LogP) is 0.123. The number of nitrogens with two attached hydrogens (primary N) is 1. The molecule has 3 unspecified atom stereocenters. The standard InChI is InChI=1S/C16H27N5O16/c17-14(16(23)32-8-4-1-5-12(35-21(29)30)10-33-19(25)26)9-15(22)31-7-3-2-6-13(36-37-18-24)11-34-20(27)28/h12-14H,1-11,17H2. The highest BCUT2D eigenvalue weighted by atomic mass is 17.3. The van der Waals surface area contributed by atoms with E-state index in [1.807, 2.05) is 5.34 Å². The summed E-state index contributed by atoms with van der Waals surface area (Å²) in [5.74, 6) is -1.67. The van der Waals surface area contributed by atoms with E-state index >= 15 is 0 Å². The smallest absolute Gasteiger partial charge is 0.323 e. The molecule has 0 saturated heterocycles. The second kappa shape index (κ2) is 20.1. The largest absolute Gasteiger partial charge is 0.466 e. The monoisotopic (exact) mass is 545 g/mol. The molecule has 0 radical (unpaired) electrons. The van der Waals surface area contributed by atoms with Crippen LogP contribution in [0.2, 0.25) is 0 Å². The minimum absolute atomic E-state index is 0.0153. The molecule has 0 aromatic heterocycles. The molecule has 0 fully saturated rings. The first-order valence-electron chi connectivity index (χ1n) is 10.6. The minimum Gasteiger partial charge on any atom is -0.466 e. The zero-order chi connectivity index (χ0) is 28.1. The maximum atomic E-state index is 11.9. The average Bonchev–Trinajstić information content (AvgIpc) is 2.82. The molecule has 212 valence electrons. The lowest BCUT2D eigenvalue weighted by Gasteiger charge is -2.14. The molecule has 0 aliphatic rings. The number of rotatable bonds is 24. The van der Waals surface area contributed by atoms with Gasteiger partial charge in [-0.05, 0) is 38.5 Å². The topological polar surface area (TPSA) is 284 Å². The van der Waals surface area contributed by atoms with Crippen LogP contribution in [0.5, 0.6) is 0 Å². The Hall–Kier alpha value is -4.14. The molecule has 0 saturated carbocycles. The number of ether oxygens (including phenoxy) is 2. The summed E-state index contributed by atoms with van der Waals surface area (Å²) >= 11 is 0. The average molecular weight is 545 g/mol. The Morgan fingerprint density at radius 1 is 0.811 bits per heavy atom. The van der Waals surface area contributed by atoms with Gasteiger partial charge in [0.05, 0.1) is 19.6 Å². The van der Waals surface area contributed by atoms with Crippen LogP contribution in [0.4, 0.5) is 0 Å². The number of esters is 2. The lowest BCUT2D eigenvalue weighted by atomic mass is 10.1. The molecule has 21 nitrogen and oxygen atoms in total. The number of hydrogen-bond donors (Lipinski definition) is 1. The van der Waals surface area contributed by atoms with Crippen LogP contribution < -0.4 is 5.73 Å². The van der Waals surface area contributed by atoms with Gasteiger partial charge in [-0.1, -0.05) is 0 Å². The number of unbranched alkanes of at least 4 members (excludes halogenated alkanes) is 2. The van der Waals surface area contributed by atoms with Crippen LogP contribution in [0.15, 0.2) is 5.34 Å². The van der Waals surface area contributed by atoms with Crippen LogP contribution in [0.3, 0.4) is 0 Å². The fourth-order valence-corrected chi connectivity index (χ4v) is 2.55. The van der Waals surface area contributed by atoms with E-state index in [0.717, 1.165) is 0 Å². The van der Waals surface area contributed by atoms with Crippen molar-refractivity contribution in [3.05, 3.63) is 35.3 Å². The zero-order valence-corrected chi connectivity index (χ0v) is 19.4. The summed E-state index contributed by atoms with van der Waals surface area (Å²) < 4.78 is 9.84. The summed E-state index contributed by atoms with van der Waals surface area (Å²) in [4.78, 5) is 85.1. The van der Waals surface area contributed by atoms with Crippen LogP contribution in [0.1, 0.15) is 44.9 Å². The lowest BCUT2D eigenvalue weighted by molar-refractivity contribution is -0.790. The van der Waals surface area contributed by atoms with Gasteiger partial charge in [-0.3, -0.25) is 9.59 Å². The van der Waals surface area contributed by atoms with Crippen molar-refractivity contribution in [2.24, 2.45) is 11.1 Å². The summed E-state index contributed by atoms with van der Waals surface area (Å²) in [6.45, 7) is -1.35.